The lowest BCUT2D eigenvalue weighted by Crippen LogP contribution is -2.48. The summed E-state index contributed by atoms with van der Waals surface area (Å²) in [6.07, 6.45) is -0.213. The second kappa shape index (κ2) is 10.1. The van der Waals surface area contributed by atoms with Crippen LogP contribution in [0.5, 0.6) is 11.5 Å². The van der Waals surface area contributed by atoms with E-state index in [0.29, 0.717) is 17.3 Å². The van der Waals surface area contributed by atoms with Gasteiger partial charge in [0.05, 0.1) is 24.8 Å². The zero-order valence-corrected chi connectivity index (χ0v) is 18.5. The minimum atomic E-state index is -1.18. The maximum absolute atomic E-state index is 12.7. The second-order valence-electron chi connectivity index (χ2n) is 7.51. The lowest BCUT2D eigenvalue weighted by molar-refractivity contribution is -0.121. The number of carbonyl (C=O) groups is 4. The van der Waals surface area contributed by atoms with Gasteiger partial charge in [0.15, 0.2) is 5.76 Å². The van der Waals surface area contributed by atoms with E-state index in [-0.39, 0.29) is 30.0 Å². The number of aromatic carboxylic acids is 1. The van der Waals surface area contributed by atoms with Gasteiger partial charge in [-0.3, -0.25) is 19.8 Å². The van der Waals surface area contributed by atoms with Crippen LogP contribution in [-0.4, -0.2) is 41.9 Å². The molecule has 0 spiro atoms. The minimum Gasteiger partial charge on any atom is -0.497 e. The zero-order chi connectivity index (χ0) is 24.9. The van der Waals surface area contributed by atoms with Crippen molar-refractivity contribution in [3.05, 3.63) is 77.7 Å². The van der Waals surface area contributed by atoms with Crippen LogP contribution in [0.15, 0.2) is 65.1 Å². The Morgan fingerprint density at radius 1 is 1.09 bits per heavy atom. The molecule has 0 saturated carbocycles. The molecule has 11 heteroatoms. The van der Waals surface area contributed by atoms with E-state index in [4.69, 9.17) is 19.0 Å². The molecule has 0 aliphatic carbocycles. The fraction of sp³-hybridized carbons (Fsp3) is 0.167. The van der Waals surface area contributed by atoms with Gasteiger partial charge in [0, 0.05) is 0 Å². The van der Waals surface area contributed by atoms with Crippen molar-refractivity contribution in [2.45, 2.75) is 19.1 Å². The monoisotopic (exact) mass is 479 g/mol. The second-order valence-corrected chi connectivity index (χ2v) is 7.51. The molecular formula is C24H21N3O8. The molecule has 2 aromatic carbocycles. The maximum Gasteiger partial charge on any atom is 0.335 e. The van der Waals surface area contributed by atoms with Crippen molar-refractivity contribution in [2.24, 2.45) is 0 Å². The first-order chi connectivity index (χ1) is 16.9. The SMILES string of the molecule is COc1ccc(OCc2ccc(C(=O)NNC3CC(=O)N(c4cccc(C(=O)O)c4)C3=O)o2)cc1. The van der Waals surface area contributed by atoms with E-state index in [1.807, 2.05) is 0 Å². The molecule has 1 aliphatic rings. The summed E-state index contributed by atoms with van der Waals surface area (Å²) in [6.45, 7) is 0.0903. The third-order valence-corrected chi connectivity index (χ3v) is 5.18. The number of hydrogen-bond donors (Lipinski definition) is 3. The largest absolute Gasteiger partial charge is 0.497 e. The Bertz CT molecular complexity index is 1270. The Morgan fingerprint density at radius 3 is 2.54 bits per heavy atom. The molecule has 11 nitrogen and oxygen atoms in total. The van der Waals surface area contributed by atoms with Gasteiger partial charge in [-0.25, -0.2) is 15.1 Å². The van der Waals surface area contributed by atoms with Crippen LogP contribution in [0, 0.1) is 0 Å². The fourth-order valence-electron chi connectivity index (χ4n) is 3.41. The van der Waals surface area contributed by atoms with E-state index in [1.165, 1.54) is 30.3 Å². The molecule has 3 aromatic rings. The van der Waals surface area contributed by atoms with Crippen LogP contribution in [0.2, 0.25) is 0 Å². The molecule has 2 heterocycles. The number of carboxylic acids is 1. The molecule has 35 heavy (non-hydrogen) atoms. The number of hydrogen-bond acceptors (Lipinski definition) is 8. The maximum atomic E-state index is 12.7. The van der Waals surface area contributed by atoms with E-state index in [1.54, 1.807) is 37.4 Å². The predicted molar refractivity (Wildman–Crippen MR) is 121 cm³/mol. The first kappa shape index (κ1) is 23.5. The zero-order valence-electron chi connectivity index (χ0n) is 18.5. The number of rotatable bonds is 9. The van der Waals surface area contributed by atoms with Gasteiger partial charge in [-0.1, -0.05) is 6.07 Å². The molecule has 1 aliphatic heterocycles. The standard InChI is InChI=1S/C24H21N3O8/c1-33-16-5-7-17(8-6-16)34-13-18-9-10-20(35-18)22(29)26-25-19-12-21(28)27(23(19)30)15-4-2-3-14(11-15)24(31)32/h2-11,19,25H,12-13H2,1H3,(H,26,29)(H,31,32). The van der Waals surface area contributed by atoms with Gasteiger partial charge in [0.25, 0.3) is 5.91 Å². The first-order valence-electron chi connectivity index (χ1n) is 10.5. The van der Waals surface area contributed by atoms with Gasteiger partial charge in [-0.2, -0.15) is 0 Å². The van der Waals surface area contributed by atoms with Gasteiger partial charge >= 0.3 is 11.9 Å². The minimum absolute atomic E-state index is 0.0198. The molecule has 0 radical (unpaired) electrons. The molecule has 3 amide bonds. The summed E-state index contributed by atoms with van der Waals surface area (Å²) in [5.41, 5.74) is 4.99. The third kappa shape index (κ3) is 5.31. The van der Waals surface area contributed by atoms with Gasteiger partial charge in [-0.15, -0.1) is 0 Å². The van der Waals surface area contributed by atoms with Crippen molar-refractivity contribution in [3.63, 3.8) is 0 Å². The van der Waals surface area contributed by atoms with Crippen molar-refractivity contribution >= 4 is 29.4 Å². The van der Waals surface area contributed by atoms with E-state index >= 15 is 0 Å². The molecule has 1 aromatic heterocycles. The summed E-state index contributed by atoms with van der Waals surface area (Å²) in [4.78, 5) is 49.6. The summed E-state index contributed by atoms with van der Waals surface area (Å²) in [6, 6.07) is 14.5. The molecule has 4 rings (SSSR count). The fourth-order valence-corrected chi connectivity index (χ4v) is 3.41. The topological polar surface area (TPSA) is 147 Å². The van der Waals surface area contributed by atoms with Crippen LogP contribution < -0.4 is 25.2 Å². The summed E-state index contributed by atoms with van der Waals surface area (Å²) in [5.74, 6) is -1.30. The summed E-state index contributed by atoms with van der Waals surface area (Å²) in [5, 5.41) is 9.13. The van der Waals surface area contributed by atoms with E-state index in [0.717, 1.165) is 4.90 Å². The molecule has 1 fully saturated rings. The third-order valence-electron chi connectivity index (χ3n) is 5.18. The molecular weight excluding hydrogens is 458 g/mol. The summed E-state index contributed by atoms with van der Waals surface area (Å²) >= 11 is 0. The normalized spacial score (nSPS) is 15.2. The molecule has 1 saturated heterocycles. The lowest BCUT2D eigenvalue weighted by atomic mass is 10.2. The van der Waals surface area contributed by atoms with Crippen molar-refractivity contribution in [3.8, 4) is 11.5 Å². The average molecular weight is 479 g/mol. The highest BCUT2D eigenvalue weighted by Gasteiger charge is 2.40. The lowest BCUT2D eigenvalue weighted by Gasteiger charge is -2.16. The number of methoxy groups -OCH3 is 1. The number of carbonyl (C=O) groups excluding carboxylic acids is 3. The van der Waals surface area contributed by atoms with E-state index in [2.05, 4.69) is 10.9 Å². The number of amides is 3. The van der Waals surface area contributed by atoms with Gasteiger partial charge in [-0.05, 0) is 54.6 Å². The van der Waals surface area contributed by atoms with Crippen LogP contribution in [0.3, 0.4) is 0 Å². The molecule has 3 N–H and O–H groups in total. The Morgan fingerprint density at radius 2 is 1.83 bits per heavy atom. The van der Waals surface area contributed by atoms with Crippen LogP contribution >= 0.6 is 0 Å². The van der Waals surface area contributed by atoms with Crippen molar-refractivity contribution < 1.29 is 38.2 Å². The number of imide groups is 1. The van der Waals surface area contributed by atoms with Crippen molar-refractivity contribution in [1.82, 2.24) is 10.9 Å². The predicted octanol–water partition coefficient (Wildman–Crippen LogP) is 2.13. The Balaban J connectivity index is 1.32. The number of furan rings is 1. The van der Waals surface area contributed by atoms with E-state index < -0.39 is 29.7 Å². The molecule has 0 bridgehead atoms. The number of carboxylic acid groups (broad SMARTS) is 1. The number of ether oxygens (including phenoxy) is 2. The molecule has 1 unspecified atom stereocenters. The molecule has 180 valence electrons. The number of hydrazine groups is 1. The van der Waals surface area contributed by atoms with Crippen LogP contribution in [0.4, 0.5) is 5.69 Å². The first-order valence-corrected chi connectivity index (χ1v) is 10.5. The summed E-state index contributed by atoms with van der Waals surface area (Å²) in [7, 11) is 1.57. The number of nitrogens with one attached hydrogen (secondary N) is 2. The van der Waals surface area contributed by atoms with E-state index in [9.17, 15) is 19.2 Å². The van der Waals surface area contributed by atoms with Crippen molar-refractivity contribution in [2.75, 3.05) is 12.0 Å². The van der Waals surface area contributed by atoms with Crippen LogP contribution in [0.25, 0.3) is 0 Å². The van der Waals surface area contributed by atoms with Crippen molar-refractivity contribution in [1.29, 1.82) is 0 Å². The highest BCUT2D eigenvalue weighted by atomic mass is 16.5. The quantitative estimate of drug-likeness (QED) is 0.310. The highest BCUT2D eigenvalue weighted by Crippen LogP contribution is 2.24. The highest BCUT2D eigenvalue weighted by molar-refractivity contribution is 6.22. The average Bonchev–Trinajstić information content (AvgIpc) is 3.45. The van der Waals surface area contributed by atoms with Crippen LogP contribution in [-0.2, 0) is 16.2 Å². The van der Waals surface area contributed by atoms with Crippen LogP contribution in [0.1, 0.15) is 33.1 Å². The number of nitrogens with zero attached hydrogens (tertiary/aromatic N) is 1. The Labute approximate surface area is 199 Å². The Hall–Kier alpha value is -4.64. The van der Waals surface area contributed by atoms with Gasteiger partial charge in [0.2, 0.25) is 5.91 Å². The Kier molecular flexibility index (Phi) is 6.78. The molecule has 1 atom stereocenters. The summed E-state index contributed by atoms with van der Waals surface area (Å²) < 4.78 is 16.2. The number of anilines is 1. The smallest absolute Gasteiger partial charge is 0.335 e. The van der Waals surface area contributed by atoms with Gasteiger partial charge in [0.1, 0.15) is 29.9 Å². The van der Waals surface area contributed by atoms with Gasteiger partial charge < -0.3 is 19.0 Å². The number of benzene rings is 2.